The lowest BCUT2D eigenvalue weighted by Gasteiger charge is -2.09. The van der Waals surface area contributed by atoms with Crippen LogP contribution in [0.4, 0.5) is 5.69 Å². The Balaban J connectivity index is 2.16. The summed E-state index contributed by atoms with van der Waals surface area (Å²) < 4.78 is 5.10. The number of nitrogens with one attached hydrogen (secondary N) is 1. The number of hydrogen-bond acceptors (Lipinski definition) is 4. The van der Waals surface area contributed by atoms with Crippen molar-refractivity contribution in [2.75, 3.05) is 12.4 Å². The molecule has 0 aromatic heterocycles. The Morgan fingerprint density at radius 3 is 2.50 bits per heavy atom. The largest absolute Gasteiger partial charge is 0.495 e. The topological polar surface area (TPSA) is 68.8 Å². The zero-order valence-electron chi connectivity index (χ0n) is 11.1. The molecule has 0 radical (unpaired) electrons. The molecule has 0 bridgehead atoms. The first-order chi connectivity index (χ1) is 9.78. The first-order valence-corrected chi connectivity index (χ1v) is 6.08. The summed E-state index contributed by atoms with van der Waals surface area (Å²) in [5, 5.41) is 21.3. The molecule has 0 amide bonds. The van der Waals surface area contributed by atoms with Crippen molar-refractivity contribution in [1.29, 1.82) is 10.5 Å². The van der Waals surface area contributed by atoms with Gasteiger partial charge in [0.25, 0.3) is 0 Å². The van der Waals surface area contributed by atoms with Gasteiger partial charge in [-0.25, -0.2) is 0 Å². The maximum atomic E-state index is 9.05. The Bertz CT molecular complexity index is 696. The van der Waals surface area contributed by atoms with E-state index < -0.39 is 0 Å². The minimum Gasteiger partial charge on any atom is -0.495 e. The van der Waals surface area contributed by atoms with Gasteiger partial charge in [0.2, 0.25) is 0 Å². The molecule has 0 spiro atoms. The number of nitrogens with zero attached hydrogens (tertiary/aromatic N) is 2. The number of methoxy groups -OCH3 is 1. The average molecular weight is 263 g/mol. The van der Waals surface area contributed by atoms with E-state index in [1.165, 1.54) is 7.11 Å². The molecule has 0 saturated carbocycles. The van der Waals surface area contributed by atoms with E-state index in [0.717, 1.165) is 11.3 Å². The molecule has 0 saturated heterocycles. The van der Waals surface area contributed by atoms with Crippen LogP contribution in [0.2, 0.25) is 0 Å². The van der Waals surface area contributed by atoms with Crippen molar-refractivity contribution in [3.05, 3.63) is 59.2 Å². The lowest BCUT2D eigenvalue weighted by Crippen LogP contribution is -2.02. The van der Waals surface area contributed by atoms with Gasteiger partial charge in [-0.2, -0.15) is 10.5 Å². The van der Waals surface area contributed by atoms with Crippen LogP contribution in [0.15, 0.2) is 42.5 Å². The molecule has 2 aromatic rings. The minimum atomic E-state index is 0.500. The van der Waals surface area contributed by atoms with Crippen LogP contribution < -0.4 is 10.1 Å². The van der Waals surface area contributed by atoms with Crippen LogP contribution in [0.1, 0.15) is 16.7 Å². The van der Waals surface area contributed by atoms with Gasteiger partial charge < -0.3 is 10.1 Å². The molecule has 0 unspecified atom stereocenters. The minimum absolute atomic E-state index is 0.500. The predicted molar refractivity (Wildman–Crippen MR) is 76.2 cm³/mol. The quantitative estimate of drug-likeness (QED) is 0.920. The molecule has 98 valence electrons. The molecule has 4 heteroatoms. The van der Waals surface area contributed by atoms with Crippen LogP contribution >= 0.6 is 0 Å². The number of rotatable bonds is 4. The zero-order chi connectivity index (χ0) is 14.4. The van der Waals surface area contributed by atoms with E-state index in [-0.39, 0.29) is 0 Å². The average Bonchev–Trinajstić information content (AvgIpc) is 2.52. The normalized spacial score (nSPS) is 9.35. The van der Waals surface area contributed by atoms with Gasteiger partial charge in [0, 0.05) is 6.54 Å². The molecule has 0 aliphatic rings. The Hall–Kier alpha value is -2.98. The number of hydrogen-bond donors (Lipinski definition) is 1. The fourth-order valence-corrected chi connectivity index (χ4v) is 1.88. The van der Waals surface area contributed by atoms with Crippen molar-refractivity contribution < 1.29 is 4.74 Å². The molecule has 0 heterocycles. The first-order valence-electron chi connectivity index (χ1n) is 6.08. The molecule has 2 aromatic carbocycles. The van der Waals surface area contributed by atoms with Crippen LogP contribution in [0.25, 0.3) is 0 Å². The summed E-state index contributed by atoms with van der Waals surface area (Å²) in [5.74, 6) is 0.564. The molecule has 0 aliphatic heterocycles. The summed E-state index contributed by atoms with van der Waals surface area (Å²) in [6, 6.07) is 17.0. The second-order valence-corrected chi connectivity index (χ2v) is 4.16. The van der Waals surface area contributed by atoms with E-state index in [1.54, 1.807) is 18.2 Å². The van der Waals surface area contributed by atoms with Gasteiger partial charge in [0.1, 0.15) is 17.9 Å². The van der Waals surface area contributed by atoms with Crippen LogP contribution in [-0.2, 0) is 6.54 Å². The van der Waals surface area contributed by atoms with Gasteiger partial charge in [0.15, 0.2) is 0 Å². The SMILES string of the molecule is COc1ccc(CNc2ccccc2C#N)cc1C#N. The maximum absolute atomic E-state index is 9.05. The summed E-state index contributed by atoms with van der Waals surface area (Å²) in [7, 11) is 1.54. The summed E-state index contributed by atoms with van der Waals surface area (Å²) in [5.41, 5.74) is 2.83. The van der Waals surface area contributed by atoms with E-state index in [2.05, 4.69) is 17.5 Å². The summed E-state index contributed by atoms with van der Waals surface area (Å²) in [6.07, 6.45) is 0. The van der Waals surface area contributed by atoms with Crippen LogP contribution in [-0.4, -0.2) is 7.11 Å². The highest BCUT2D eigenvalue weighted by atomic mass is 16.5. The lowest BCUT2D eigenvalue weighted by molar-refractivity contribution is 0.413. The Labute approximate surface area is 117 Å². The van der Waals surface area contributed by atoms with Crippen LogP contribution in [0.3, 0.4) is 0 Å². The number of ether oxygens (including phenoxy) is 1. The lowest BCUT2D eigenvalue weighted by atomic mass is 10.1. The fourth-order valence-electron chi connectivity index (χ4n) is 1.88. The molecule has 20 heavy (non-hydrogen) atoms. The highest BCUT2D eigenvalue weighted by molar-refractivity contribution is 5.57. The Kier molecular flexibility index (Phi) is 4.21. The van der Waals surface area contributed by atoms with Crippen molar-refractivity contribution in [3.8, 4) is 17.9 Å². The second kappa shape index (κ2) is 6.26. The van der Waals surface area contributed by atoms with Crippen molar-refractivity contribution in [2.45, 2.75) is 6.54 Å². The van der Waals surface area contributed by atoms with Crippen molar-refractivity contribution >= 4 is 5.69 Å². The van der Waals surface area contributed by atoms with Crippen LogP contribution in [0, 0.1) is 22.7 Å². The van der Waals surface area contributed by atoms with E-state index in [9.17, 15) is 0 Å². The molecule has 0 atom stereocenters. The van der Waals surface area contributed by atoms with E-state index >= 15 is 0 Å². The van der Waals surface area contributed by atoms with E-state index in [0.29, 0.717) is 23.4 Å². The monoisotopic (exact) mass is 263 g/mol. The second-order valence-electron chi connectivity index (χ2n) is 4.16. The van der Waals surface area contributed by atoms with Gasteiger partial charge in [-0.3, -0.25) is 0 Å². The van der Waals surface area contributed by atoms with Gasteiger partial charge in [-0.05, 0) is 29.8 Å². The third-order valence-electron chi connectivity index (χ3n) is 2.91. The van der Waals surface area contributed by atoms with E-state index in [4.69, 9.17) is 15.3 Å². The van der Waals surface area contributed by atoms with Crippen molar-refractivity contribution in [2.24, 2.45) is 0 Å². The summed E-state index contributed by atoms with van der Waals surface area (Å²) in [4.78, 5) is 0. The molecule has 4 nitrogen and oxygen atoms in total. The Morgan fingerprint density at radius 1 is 1.05 bits per heavy atom. The fraction of sp³-hybridized carbons (Fsp3) is 0.125. The molecular formula is C16H13N3O. The smallest absolute Gasteiger partial charge is 0.136 e. The zero-order valence-corrected chi connectivity index (χ0v) is 11.1. The van der Waals surface area contributed by atoms with E-state index in [1.807, 2.05) is 24.3 Å². The molecule has 0 fully saturated rings. The highest BCUT2D eigenvalue weighted by Crippen LogP contribution is 2.20. The number of para-hydroxylation sites is 1. The standard InChI is InChI=1S/C16H13N3O/c1-20-16-7-6-12(8-14(16)10-18)11-19-15-5-3-2-4-13(15)9-17/h2-8,19H,11H2,1H3. The molecule has 0 aliphatic carbocycles. The van der Waals surface area contributed by atoms with Crippen molar-refractivity contribution in [3.63, 3.8) is 0 Å². The molecular weight excluding hydrogens is 250 g/mol. The van der Waals surface area contributed by atoms with Gasteiger partial charge in [0.05, 0.1) is 23.9 Å². The number of benzene rings is 2. The first kappa shape index (κ1) is 13.5. The van der Waals surface area contributed by atoms with Crippen LogP contribution in [0.5, 0.6) is 5.75 Å². The molecule has 1 N–H and O–H groups in total. The van der Waals surface area contributed by atoms with Gasteiger partial charge in [-0.1, -0.05) is 18.2 Å². The summed E-state index contributed by atoms with van der Waals surface area (Å²) in [6.45, 7) is 0.539. The maximum Gasteiger partial charge on any atom is 0.136 e. The third-order valence-corrected chi connectivity index (χ3v) is 2.91. The number of nitriles is 2. The van der Waals surface area contributed by atoms with Crippen molar-refractivity contribution in [1.82, 2.24) is 0 Å². The highest BCUT2D eigenvalue weighted by Gasteiger charge is 2.04. The number of anilines is 1. The third kappa shape index (κ3) is 2.88. The van der Waals surface area contributed by atoms with Gasteiger partial charge in [-0.15, -0.1) is 0 Å². The molecule has 2 rings (SSSR count). The predicted octanol–water partition coefficient (Wildman–Crippen LogP) is 3.05. The Morgan fingerprint density at radius 2 is 1.80 bits per heavy atom. The summed E-state index contributed by atoms with van der Waals surface area (Å²) >= 11 is 0. The van der Waals surface area contributed by atoms with Gasteiger partial charge >= 0.3 is 0 Å².